The maximum Gasteiger partial charge on any atom is 0.180 e. The van der Waals surface area contributed by atoms with E-state index in [2.05, 4.69) is 34.1 Å². The largest absolute Gasteiger partial charge is 0.337 e. The number of hydrogen-bond acceptors (Lipinski definition) is 2. The van der Waals surface area contributed by atoms with Crippen LogP contribution in [0.15, 0.2) is 60.7 Å². The van der Waals surface area contributed by atoms with Gasteiger partial charge in [-0.3, -0.25) is 0 Å². The fraction of sp³-hybridized carbons (Fsp3) is 0.200. The normalized spacial score (nSPS) is 16.3. The van der Waals surface area contributed by atoms with Crippen LogP contribution < -0.4 is 9.80 Å². The summed E-state index contributed by atoms with van der Waals surface area (Å²) < 4.78 is 0. The number of para-hydroxylation sites is 2. The number of anilines is 2. The van der Waals surface area contributed by atoms with Crippen molar-refractivity contribution in [2.45, 2.75) is 5.62 Å². The maximum absolute atomic E-state index is 6.57. The van der Waals surface area contributed by atoms with Crippen molar-refractivity contribution in [3.8, 4) is 0 Å². The van der Waals surface area contributed by atoms with Gasteiger partial charge in [0.25, 0.3) is 0 Å². The lowest BCUT2D eigenvalue weighted by molar-refractivity contribution is 0.875. The summed E-state index contributed by atoms with van der Waals surface area (Å²) in [6, 6.07) is 20.6. The molecule has 0 saturated carbocycles. The van der Waals surface area contributed by atoms with E-state index in [0.717, 1.165) is 13.1 Å². The quantitative estimate of drug-likeness (QED) is 0.601. The highest BCUT2D eigenvalue weighted by Crippen LogP contribution is 2.29. The van der Waals surface area contributed by atoms with Crippen molar-refractivity contribution < 1.29 is 0 Å². The van der Waals surface area contributed by atoms with Crippen molar-refractivity contribution in [2.75, 3.05) is 22.9 Å². The molecule has 0 atom stereocenters. The fourth-order valence-corrected chi connectivity index (χ4v) is 2.76. The molecule has 0 aromatic heterocycles. The minimum atomic E-state index is -0.116. The van der Waals surface area contributed by atoms with Crippen LogP contribution in [0, 0.1) is 0 Å². The minimum absolute atomic E-state index is 0.116. The molecule has 0 aliphatic carbocycles. The Morgan fingerprint density at radius 1 is 0.722 bits per heavy atom. The van der Waals surface area contributed by atoms with E-state index in [0.29, 0.717) is 0 Å². The van der Waals surface area contributed by atoms with E-state index >= 15 is 0 Å². The lowest BCUT2D eigenvalue weighted by Gasteiger charge is -2.27. The van der Waals surface area contributed by atoms with E-state index in [1.165, 1.54) is 11.4 Å². The standard InChI is InChI=1S/C15H15ClN2/c16-15-17(13-7-3-1-4-8-13)11-12-18(15)14-9-5-2-6-10-14/h1-10,15H,11-12H2. The van der Waals surface area contributed by atoms with Crippen LogP contribution in [0.3, 0.4) is 0 Å². The number of halogens is 1. The smallest absolute Gasteiger partial charge is 0.180 e. The zero-order valence-electron chi connectivity index (χ0n) is 10.0. The number of hydrogen-bond donors (Lipinski definition) is 0. The summed E-state index contributed by atoms with van der Waals surface area (Å²) in [5, 5.41) is 0. The van der Waals surface area contributed by atoms with Gasteiger partial charge in [0.2, 0.25) is 0 Å². The van der Waals surface area contributed by atoms with E-state index in [4.69, 9.17) is 11.6 Å². The summed E-state index contributed by atoms with van der Waals surface area (Å²) in [6.07, 6.45) is 0. The lowest BCUT2D eigenvalue weighted by atomic mass is 10.3. The molecule has 2 aromatic rings. The van der Waals surface area contributed by atoms with Crippen molar-refractivity contribution in [1.82, 2.24) is 0 Å². The van der Waals surface area contributed by atoms with E-state index in [-0.39, 0.29) is 5.62 Å². The monoisotopic (exact) mass is 258 g/mol. The number of nitrogens with zero attached hydrogens (tertiary/aromatic N) is 2. The molecule has 3 heteroatoms. The molecule has 0 N–H and O–H groups in total. The third-order valence-corrected chi connectivity index (χ3v) is 3.74. The van der Waals surface area contributed by atoms with Gasteiger partial charge in [-0.05, 0) is 24.3 Å². The zero-order chi connectivity index (χ0) is 12.4. The van der Waals surface area contributed by atoms with Crippen LogP contribution in [0.4, 0.5) is 11.4 Å². The van der Waals surface area contributed by atoms with Crippen molar-refractivity contribution in [3.05, 3.63) is 60.7 Å². The van der Waals surface area contributed by atoms with Gasteiger partial charge in [-0.15, -0.1) is 0 Å². The van der Waals surface area contributed by atoms with Gasteiger partial charge in [-0.25, -0.2) is 0 Å². The first-order valence-electron chi connectivity index (χ1n) is 6.14. The molecule has 18 heavy (non-hydrogen) atoms. The van der Waals surface area contributed by atoms with Crippen LogP contribution >= 0.6 is 11.6 Å². The summed E-state index contributed by atoms with van der Waals surface area (Å²) >= 11 is 6.57. The molecule has 0 unspecified atom stereocenters. The molecule has 2 nitrogen and oxygen atoms in total. The average molecular weight is 259 g/mol. The summed E-state index contributed by atoms with van der Waals surface area (Å²) in [7, 11) is 0. The molecule has 1 aliphatic rings. The number of benzene rings is 2. The molecule has 92 valence electrons. The number of rotatable bonds is 2. The van der Waals surface area contributed by atoms with Gasteiger partial charge in [0.1, 0.15) is 0 Å². The summed E-state index contributed by atoms with van der Waals surface area (Å²) in [5.74, 6) is 0. The van der Waals surface area contributed by atoms with E-state index in [1.807, 2.05) is 36.4 Å². The summed E-state index contributed by atoms with van der Waals surface area (Å²) in [5.41, 5.74) is 2.24. The Kier molecular flexibility index (Phi) is 3.11. The van der Waals surface area contributed by atoms with Gasteiger partial charge in [-0.1, -0.05) is 48.0 Å². The highest BCUT2D eigenvalue weighted by atomic mass is 35.5. The minimum Gasteiger partial charge on any atom is -0.337 e. The molecular weight excluding hydrogens is 244 g/mol. The molecule has 0 radical (unpaired) electrons. The Labute approximate surface area is 112 Å². The summed E-state index contributed by atoms with van der Waals surface area (Å²) in [6.45, 7) is 1.90. The zero-order valence-corrected chi connectivity index (χ0v) is 10.8. The van der Waals surface area contributed by atoms with Gasteiger partial charge < -0.3 is 9.80 Å². The second-order valence-corrected chi connectivity index (χ2v) is 4.76. The van der Waals surface area contributed by atoms with E-state index < -0.39 is 0 Å². The molecule has 3 rings (SSSR count). The molecule has 2 aromatic carbocycles. The number of alkyl halides is 1. The van der Waals surface area contributed by atoms with Crippen LogP contribution in [0.25, 0.3) is 0 Å². The van der Waals surface area contributed by atoms with Crippen LogP contribution in [0.1, 0.15) is 0 Å². The van der Waals surface area contributed by atoms with Crippen LogP contribution in [0.2, 0.25) is 0 Å². The van der Waals surface area contributed by atoms with E-state index in [1.54, 1.807) is 0 Å². The molecule has 1 aliphatic heterocycles. The first-order valence-corrected chi connectivity index (χ1v) is 6.57. The first kappa shape index (κ1) is 11.4. The highest BCUT2D eigenvalue weighted by molar-refractivity contribution is 6.23. The van der Waals surface area contributed by atoms with Crippen molar-refractivity contribution in [2.24, 2.45) is 0 Å². The molecule has 1 saturated heterocycles. The van der Waals surface area contributed by atoms with Gasteiger partial charge in [0.05, 0.1) is 0 Å². The predicted molar refractivity (Wildman–Crippen MR) is 77.2 cm³/mol. The molecule has 1 heterocycles. The van der Waals surface area contributed by atoms with Gasteiger partial charge >= 0.3 is 0 Å². The van der Waals surface area contributed by atoms with Gasteiger partial charge in [0, 0.05) is 24.5 Å². The first-order chi connectivity index (χ1) is 8.86. The fourth-order valence-electron chi connectivity index (χ4n) is 2.34. The highest BCUT2D eigenvalue weighted by Gasteiger charge is 2.30. The van der Waals surface area contributed by atoms with Gasteiger partial charge in [0.15, 0.2) is 5.62 Å². The Bertz CT molecular complexity index is 453. The molecule has 0 spiro atoms. The average Bonchev–Trinajstić information content (AvgIpc) is 2.83. The third kappa shape index (κ3) is 2.04. The summed E-state index contributed by atoms with van der Waals surface area (Å²) in [4.78, 5) is 4.43. The van der Waals surface area contributed by atoms with Crippen molar-refractivity contribution in [1.29, 1.82) is 0 Å². The Morgan fingerprint density at radius 2 is 1.11 bits per heavy atom. The second-order valence-electron chi connectivity index (χ2n) is 4.37. The molecule has 1 fully saturated rings. The Balaban J connectivity index is 1.83. The van der Waals surface area contributed by atoms with Crippen LogP contribution in [0.5, 0.6) is 0 Å². The van der Waals surface area contributed by atoms with E-state index in [9.17, 15) is 0 Å². The maximum atomic E-state index is 6.57. The Morgan fingerprint density at radius 3 is 1.50 bits per heavy atom. The Hall–Kier alpha value is -1.67. The van der Waals surface area contributed by atoms with Crippen LogP contribution in [-0.2, 0) is 0 Å². The molecule has 0 bridgehead atoms. The lowest BCUT2D eigenvalue weighted by Crippen LogP contribution is -2.33. The second kappa shape index (κ2) is 4.91. The van der Waals surface area contributed by atoms with Crippen molar-refractivity contribution >= 4 is 23.0 Å². The molecular formula is C15H15ClN2. The van der Waals surface area contributed by atoms with Gasteiger partial charge in [-0.2, -0.15) is 0 Å². The van der Waals surface area contributed by atoms with Crippen molar-refractivity contribution in [3.63, 3.8) is 0 Å². The topological polar surface area (TPSA) is 6.48 Å². The third-order valence-electron chi connectivity index (χ3n) is 3.27. The molecule has 0 amide bonds. The van der Waals surface area contributed by atoms with Crippen LogP contribution in [-0.4, -0.2) is 18.7 Å². The predicted octanol–water partition coefficient (Wildman–Crippen LogP) is 3.54. The SMILES string of the molecule is ClC1N(c2ccccc2)CCN1c1ccccc1.